The van der Waals surface area contributed by atoms with E-state index >= 15 is 0 Å². The summed E-state index contributed by atoms with van der Waals surface area (Å²) in [6.45, 7) is 1.43. The van der Waals surface area contributed by atoms with Crippen LogP contribution < -0.4 is 5.32 Å². The van der Waals surface area contributed by atoms with Crippen molar-refractivity contribution in [2.75, 3.05) is 34.3 Å². The molecule has 0 amide bonds. The van der Waals surface area contributed by atoms with Crippen LogP contribution in [-0.2, 0) is 14.3 Å². The number of carbonyl (C=O) groups is 2. The third-order valence-electron chi connectivity index (χ3n) is 2.07. The number of carboxylic acids is 1. The van der Waals surface area contributed by atoms with Gasteiger partial charge in [-0.1, -0.05) is 0 Å². The number of hydrogen-bond acceptors (Lipinski definition) is 5. The van der Waals surface area contributed by atoms with Crippen LogP contribution in [0.1, 0.15) is 12.8 Å². The Morgan fingerprint density at radius 1 is 1.44 bits per heavy atom. The van der Waals surface area contributed by atoms with E-state index in [9.17, 15) is 9.59 Å². The van der Waals surface area contributed by atoms with Crippen LogP contribution in [0.4, 0.5) is 0 Å². The number of esters is 1. The first kappa shape index (κ1) is 14.9. The van der Waals surface area contributed by atoms with Crippen LogP contribution in [0.25, 0.3) is 0 Å². The molecule has 0 unspecified atom stereocenters. The minimum absolute atomic E-state index is 0.145. The number of methoxy groups -OCH3 is 1. The quantitative estimate of drug-likeness (QED) is 0.435. The number of rotatable bonds is 8. The maximum Gasteiger partial charge on any atom is 0.321 e. The molecule has 0 aromatic rings. The molecule has 0 bridgehead atoms. The zero-order chi connectivity index (χ0) is 12.6. The molecule has 6 nitrogen and oxygen atoms in total. The van der Waals surface area contributed by atoms with Gasteiger partial charge in [-0.05, 0) is 33.6 Å². The van der Waals surface area contributed by atoms with Crippen LogP contribution in [0, 0.1) is 0 Å². The molecule has 94 valence electrons. The number of carboxylic acid groups (broad SMARTS) is 1. The SMILES string of the molecule is COC(=O)C[C@H](NCCCN(C)C)C(=O)O. The third-order valence-corrected chi connectivity index (χ3v) is 2.07. The summed E-state index contributed by atoms with van der Waals surface area (Å²) in [4.78, 5) is 23.7. The van der Waals surface area contributed by atoms with E-state index in [1.807, 2.05) is 19.0 Å². The molecule has 0 rings (SSSR count). The average molecular weight is 232 g/mol. The van der Waals surface area contributed by atoms with Gasteiger partial charge < -0.3 is 20.1 Å². The van der Waals surface area contributed by atoms with Crippen LogP contribution in [0.15, 0.2) is 0 Å². The molecule has 0 fully saturated rings. The minimum Gasteiger partial charge on any atom is -0.480 e. The topological polar surface area (TPSA) is 78.9 Å². The molecule has 0 aliphatic rings. The molecule has 0 aliphatic carbocycles. The van der Waals surface area contributed by atoms with Crippen molar-refractivity contribution in [1.82, 2.24) is 10.2 Å². The molecule has 16 heavy (non-hydrogen) atoms. The highest BCUT2D eigenvalue weighted by Gasteiger charge is 2.20. The minimum atomic E-state index is -1.03. The molecule has 6 heteroatoms. The Morgan fingerprint density at radius 3 is 2.50 bits per heavy atom. The summed E-state index contributed by atoms with van der Waals surface area (Å²) in [5.41, 5.74) is 0. The van der Waals surface area contributed by atoms with Gasteiger partial charge in [-0.2, -0.15) is 0 Å². The van der Waals surface area contributed by atoms with Crippen molar-refractivity contribution in [1.29, 1.82) is 0 Å². The second-order valence-corrected chi connectivity index (χ2v) is 3.78. The maximum atomic E-state index is 10.9. The molecular weight excluding hydrogens is 212 g/mol. The number of nitrogens with zero attached hydrogens (tertiary/aromatic N) is 1. The van der Waals surface area contributed by atoms with Gasteiger partial charge in [0.2, 0.25) is 0 Å². The molecule has 0 radical (unpaired) electrons. The molecule has 0 heterocycles. The first-order valence-corrected chi connectivity index (χ1v) is 5.15. The Balaban J connectivity index is 3.86. The van der Waals surface area contributed by atoms with E-state index in [0.717, 1.165) is 13.0 Å². The number of hydrogen-bond donors (Lipinski definition) is 2. The summed E-state index contributed by atoms with van der Waals surface area (Å²) >= 11 is 0. The Bertz CT molecular complexity index is 231. The highest BCUT2D eigenvalue weighted by Crippen LogP contribution is 1.95. The first-order chi connectivity index (χ1) is 7.47. The Morgan fingerprint density at radius 2 is 2.06 bits per heavy atom. The van der Waals surface area contributed by atoms with E-state index in [1.165, 1.54) is 7.11 Å². The average Bonchev–Trinajstić information content (AvgIpc) is 2.21. The Labute approximate surface area is 95.6 Å². The standard InChI is InChI=1S/C10H20N2O4/c1-12(2)6-4-5-11-8(10(14)15)7-9(13)16-3/h8,11H,4-7H2,1-3H3,(H,14,15)/t8-/m0/s1. The molecule has 0 spiro atoms. The molecular formula is C10H20N2O4. The van der Waals surface area contributed by atoms with E-state index in [4.69, 9.17) is 5.11 Å². The summed E-state index contributed by atoms with van der Waals surface area (Å²) in [6.07, 6.45) is 0.686. The molecule has 0 aromatic heterocycles. The van der Waals surface area contributed by atoms with Crippen molar-refractivity contribution in [2.24, 2.45) is 0 Å². The molecule has 2 N–H and O–H groups in total. The van der Waals surface area contributed by atoms with Gasteiger partial charge in [-0.15, -0.1) is 0 Å². The van der Waals surface area contributed by atoms with Gasteiger partial charge in [-0.3, -0.25) is 9.59 Å². The van der Waals surface area contributed by atoms with Crippen molar-refractivity contribution in [3.05, 3.63) is 0 Å². The summed E-state index contributed by atoms with van der Waals surface area (Å²) in [7, 11) is 5.14. The second-order valence-electron chi connectivity index (χ2n) is 3.78. The largest absolute Gasteiger partial charge is 0.480 e. The van der Waals surface area contributed by atoms with Gasteiger partial charge in [0.1, 0.15) is 6.04 Å². The zero-order valence-electron chi connectivity index (χ0n) is 10.0. The van der Waals surface area contributed by atoms with Crippen molar-refractivity contribution < 1.29 is 19.4 Å². The van der Waals surface area contributed by atoms with Gasteiger partial charge in [-0.25, -0.2) is 0 Å². The van der Waals surface area contributed by atoms with Crippen LogP contribution in [0.5, 0.6) is 0 Å². The molecule has 1 atom stereocenters. The van der Waals surface area contributed by atoms with Gasteiger partial charge in [0.15, 0.2) is 0 Å². The maximum absolute atomic E-state index is 10.9. The van der Waals surface area contributed by atoms with Crippen molar-refractivity contribution >= 4 is 11.9 Å². The highest BCUT2D eigenvalue weighted by molar-refractivity contribution is 5.81. The van der Waals surface area contributed by atoms with Crippen LogP contribution >= 0.6 is 0 Å². The predicted molar refractivity (Wildman–Crippen MR) is 59.2 cm³/mol. The van der Waals surface area contributed by atoms with E-state index in [-0.39, 0.29) is 6.42 Å². The number of nitrogens with one attached hydrogen (secondary N) is 1. The summed E-state index contributed by atoms with van der Waals surface area (Å²) in [5, 5.41) is 11.7. The third kappa shape index (κ3) is 7.19. The predicted octanol–water partition coefficient (Wildman–Crippen LogP) is -0.456. The fourth-order valence-corrected chi connectivity index (χ4v) is 1.17. The summed E-state index contributed by atoms with van der Waals surface area (Å²) in [5.74, 6) is -1.55. The second kappa shape index (κ2) is 8.06. The lowest BCUT2D eigenvalue weighted by atomic mass is 10.2. The smallest absolute Gasteiger partial charge is 0.321 e. The number of carbonyl (C=O) groups excluding carboxylic acids is 1. The van der Waals surface area contributed by atoms with E-state index in [2.05, 4.69) is 10.1 Å². The molecule has 0 saturated heterocycles. The van der Waals surface area contributed by atoms with Gasteiger partial charge >= 0.3 is 11.9 Å². The number of ether oxygens (including phenoxy) is 1. The highest BCUT2D eigenvalue weighted by atomic mass is 16.5. The van der Waals surface area contributed by atoms with Crippen molar-refractivity contribution in [3.8, 4) is 0 Å². The first-order valence-electron chi connectivity index (χ1n) is 5.15. The molecule has 0 aromatic carbocycles. The van der Waals surface area contributed by atoms with Gasteiger partial charge in [0.25, 0.3) is 0 Å². The molecule has 0 saturated carbocycles. The fourth-order valence-electron chi connectivity index (χ4n) is 1.17. The Hall–Kier alpha value is -1.14. The van der Waals surface area contributed by atoms with E-state index < -0.39 is 18.0 Å². The summed E-state index contributed by atoms with van der Waals surface area (Å²) < 4.78 is 4.42. The zero-order valence-corrected chi connectivity index (χ0v) is 10.0. The fraction of sp³-hybridized carbons (Fsp3) is 0.800. The lowest BCUT2D eigenvalue weighted by Gasteiger charge is -2.14. The van der Waals surface area contributed by atoms with Gasteiger partial charge in [0.05, 0.1) is 13.5 Å². The Kier molecular flexibility index (Phi) is 7.49. The van der Waals surface area contributed by atoms with Crippen LogP contribution in [-0.4, -0.2) is 62.3 Å². The van der Waals surface area contributed by atoms with E-state index in [0.29, 0.717) is 6.54 Å². The van der Waals surface area contributed by atoms with Crippen molar-refractivity contribution in [3.63, 3.8) is 0 Å². The van der Waals surface area contributed by atoms with Crippen LogP contribution in [0.2, 0.25) is 0 Å². The normalized spacial score (nSPS) is 12.5. The number of aliphatic carboxylic acids is 1. The van der Waals surface area contributed by atoms with E-state index in [1.54, 1.807) is 0 Å². The monoisotopic (exact) mass is 232 g/mol. The van der Waals surface area contributed by atoms with Gasteiger partial charge in [0, 0.05) is 0 Å². The lowest BCUT2D eigenvalue weighted by molar-refractivity contribution is -0.147. The van der Waals surface area contributed by atoms with Crippen LogP contribution in [0.3, 0.4) is 0 Å². The summed E-state index contributed by atoms with van der Waals surface area (Å²) in [6, 6.07) is -0.866. The lowest BCUT2D eigenvalue weighted by Crippen LogP contribution is -2.39. The molecule has 0 aliphatic heterocycles. The van der Waals surface area contributed by atoms with Crippen molar-refractivity contribution in [2.45, 2.75) is 18.9 Å².